The van der Waals surface area contributed by atoms with Gasteiger partial charge in [0.05, 0.1) is 18.0 Å². The maximum absolute atomic E-state index is 5.97. The van der Waals surface area contributed by atoms with E-state index in [2.05, 4.69) is 15.4 Å². The minimum Gasteiger partial charge on any atom is -0.491 e. The molecule has 140 valence electrons. The van der Waals surface area contributed by atoms with Crippen molar-refractivity contribution in [3.63, 3.8) is 0 Å². The van der Waals surface area contributed by atoms with Crippen LogP contribution in [0, 0.1) is 0 Å². The van der Waals surface area contributed by atoms with Crippen LogP contribution in [-0.4, -0.2) is 28.4 Å². The lowest BCUT2D eigenvalue weighted by atomic mass is 10.2. The van der Waals surface area contributed by atoms with Gasteiger partial charge >= 0.3 is 0 Å². The van der Waals surface area contributed by atoms with Crippen molar-refractivity contribution in [3.8, 4) is 11.4 Å². The zero-order chi connectivity index (χ0) is 19.1. The molecule has 0 unspecified atom stereocenters. The quantitative estimate of drug-likeness (QED) is 0.496. The Morgan fingerprint density at radius 1 is 1.15 bits per heavy atom. The van der Waals surface area contributed by atoms with Gasteiger partial charge in [-0.3, -0.25) is 4.99 Å². The van der Waals surface area contributed by atoms with Gasteiger partial charge in [0.25, 0.3) is 0 Å². The number of benzene rings is 2. The van der Waals surface area contributed by atoms with E-state index in [4.69, 9.17) is 10.5 Å². The van der Waals surface area contributed by atoms with E-state index in [1.165, 1.54) is 0 Å². The first kappa shape index (κ1) is 18.5. The number of nitrogens with zero attached hydrogens (tertiary/aromatic N) is 3. The van der Waals surface area contributed by atoms with Crippen LogP contribution < -0.4 is 15.8 Å². The van der Waals surface area contributed by atoms with Gasteiger partial charge < -0.3 is 15.8 Å². The lowest BCUT2D eigenvalue weighted by Gasteiger charge is -2.10. The SMILES string of the molecule is CC(C)Oc1ccc(NC(N)=NCCc2cnn(-c3ccccc3)c2)cc1. The van der Waals surface area contributed by atoms with Crippen molar-refractivity contribution >= 4 is 11.6 Å². The predicted molar refractivity (Wildman–Crippen MR) is 110 cm³/mol. The summed E-state index contributed by atoms with van der Waals surface area (Å²) in [7, 11) is 0. The van der Waals surface area contributed by atoms with E-state index >= 15 is 0 Å². The first-order valence-electron chi connectivity index (χ1n) is 9.03. The molecule has 0 aliphatic carbocycles. The number of anilines is 1. The van der Waals surface area contributed by atoms with Crippen LogP contribution in [0.25, 0.3) is 5.69 Å². The number of rotatable bonds is 7. The van der Waals surface area contributed by atoms with Gasteiger partial charge in [-0.1, -0.05) is 18.2 Å². The summed E-state index contributed by atoms with van der Waals surface area (Å²) in [5.41, 5.74) is 9.01. The third-order valence-corrected chi connectivity index (χ3v) is 3.84. The van der Waals surface area contributed by atoms with Crippen molar-refractivity contribution in [2.24, 2.45) is 10.7 Å². The number of ether oxygens (including phenoxy) is 1. The van der Waals surface area contributed by atoms with E-state index in [-0.39, 0.29) is 6.10 Å². The maximum Gasteiger partial charge on any atom is 0.193 e. The molecule has 0 fully saturated rings. The molecule has 0 amide bonds. The van der Waals surface area contributed by atoms with Crippen LogP contribution in [-0.2, 0) is 6.42 Å². The number of aromatic nitrogens is 2. The molecule has 0 aliphatic rings. The van der Waals surface area contributed by atoms with Crippen molar-refractivity contribution in [2.75, 3.05) is 11.9 Å². The highest BCUT2D eigenvalue weighted by Crippen LogP contribution is 2.16. The summed E-state index contributed by atoms with van der Waals surface area (Å²) in [6.45, 7) is 4.59. The Morgan fingerprint density at radius 2 is 1.89 bits per heavy atom. The van der Waals surface area contributed by atoms with E-state index in [0.29, 0.717) is 12.5 Å². The van der Waals surface area contributed by atoms with Crippen LogP contribution in [0.15, 0.2) is 72.0 Å². The molecule has 1 heterocycles. The Labute approximate surface area is 159 Å². The van der Waals surface area contributed by atoms with Gasteiger partial charge in [-0.25, -0.2) is 4.68 Å². The van der Waals surface area contributed by atoms with Crippen molar-refractivity contribution in [1.82, 2.24) is 9.78 Å². The number of nitrogens with one attached hydrogen (secondary N) is 1. The zero-order valence-electron chi connectivity index (χ0n) is 15.7. The molecule has 0 radical (unpaired) electrons. The minimum atomic E-state index is 0.154. The maximum atomic E-state index is 5.97. The van der Waals surface area contributed by atoms with E-state index in [1.54, 1.807) is 0 Å². The molecular weight excluding hydrogens is 338 g/mol. The van der Waals surface area contributed by atoms with Crippen LogP contribution in [0.3, 0.4) is 0 Å². The van der Waals surface area contributed by atoms with Gasteiger partial charge in [0.2, 0.25) is 0 Å². The average Bonchev–Trinajstić information content (AvgIpc) is 3.13. The minimum absolute atomic E-state index is 0.154. The molecule has 0 saturated carbocycles. The van der Waals surface area contributed by atoms with Crippen molar-refractivity contribution in [2.45, 2.75) is 26.4 Å². The summed E-state index contributed by atoms with van der Waals surface area (Å²) in [5.74, 6) is 1.23. The Balaban J connectivity index is 1.50. The molecule has 27 heavy (non-hydrogen) atoms. The highest BCUT2D eigenvalue weighted by atomic mass is 16.5. The molecule has 1 aromatic heterocycles. The first-order chi connectivity index (χ1) is 13.1. The fraction of sp³-hybridized carbons (Fsp3) is 0.238. The summed E-state index contributed by atoms with van der Waals surface area (Å²) in [5, 5.41) is 7.48. The number of para-hydroxylation sites is 1. The number of aliphatic imine (C=N–C) groups is 1. The molecule has 6 nitrogen and oxygen atoms in total. The second kappa shape index (κ2) is 8.89. The third kappa shape index (κ3) is 5.60. The van der Waals surface area contributed by atoms with Gasteiger partial charge in [-0.2, -0.15) is 5.10 Å². The van der Waals surface area contributed by atoms with E-state index in [1.807, 2.05) is 85.5 Å². The molecule has 0 aliphatic heterocycles. The van der Waals surface area contributed by atoms with E-state index in [9.17, 15) is 0 Å². The Bertz CT molecular complexity index is 869. The Morgan fingerprint density at radius 3 is 2.59 bits per heavy atom. The molecule has 3 N–H and O–H groups in total. The predicted octanol–water partition coefficient (Wildman–Crippen LogP) is 3.63. The lowest BCUT2D eigenvalue weighted by Crippen LogP contribution is -2.23. The summed E-state index contributed by atoms with van der Waals surface area (Å²) in [6, 6.07) is 17.7. The highest BCUT2D eigenvalue weighted by molar-refractivity contribution is 5.92. The first-order valence-corrected chi connectivity index (χ1v) is 9.03. The topological polar surface area (TPSA) is 77.5 Å². The molecule has 0 bridgehead atoms. The monoisotopic (exact) mass is 363 g/mol. The van der Waals surface area contributed by atoms with Crippen LogP contribution in [0.4, 0.5) is 5.69 Å². The largest absolute Gasteiger partial charge is 0.491 e. The summed E-state index contributed by atoms with van der Waals surface area (Å²) < 4.78 is 7.49. The second-order valence-electron chi connectivity index (χ2n) is 6.46. The normalized spacial score (nSPS) is 11.6. The highest BCUT2D eigenvalue weighted by Gasteiger charge is 2.02. The molecule has 6 heteroatoms. The molecule has 0 spiro atoms. The van der Waals surface area contributed by atoms with Gasteiger partial charge in [0, 0.05) is 18.4 Å². The fourth-order valence-corrected chi connectivity index (χ4v) is 2.59. The van der Waals surface area contributed by atoms with Gasteiger partial charge in [-0.15, -0.1) is 0 Å². The number of hydrogen-bond acceptors (Lipinski definition) is 3. The summed E-state index contributed by atoms with van der Waals surface area (Å²) >= 11 is 0. The molecule has 0 saturated heterocycles. The molecular formula is C21H25N5O. The molecule has 3 rings (SSSR count). The van der Waals surface area contributed by atoms with Gasteiger partial charge in [0.1, 0.15) is 5.75 Å². The van der Waals surface area contributed by atoms with E-state index in [0.717, 1.165) is 29.1 Å². The van der Waals surface area contributed by atoms with Crippen LogP contribution in [0.1, 0.15) is 19.4 Å². The van der Waals surface area contributed by atoms with Gasteiger partial charge in [-0.05, 0) is 62.2 Å². The molecule has 0 atom stereocenters. The smallest absolute Gasteiger partial charge is 0.193 e. The van der Waals surface area contributed by atoms with Crippen LogP contribution >= 0.6 is 0 Å². The summed E-state index contributed by atoms with van der Waals surface area (Å²) in [4.78, 5) is 4.38. The third-order valence-electron chi connectivity index (χ3n) is 3.84. The molecule has 2 aromatic carbocycles. The molecule has 3 aromatic rings. The van der Waals surface area contributed by atoms with Crippen LogP contribution in [0.2, 0.25) is 0 Å². The fourth-order valence-electron chi connectivity index (χ4n) is 2.59. The lowest BCUT2D eigenvalue weighted by molar-refractivity contribution is 0.242. The zero-order valence-corrected chi connectivity index (χ0v) is 15.7. The number of hydrogen-bond donors (Lipinski definition) is 2. The standard InChI is InChI=1S/C21H25N5O/c1-16(2)27-20-10-8-18(9-11-20)25-21(22)23-13-12-17-14-24-26(15-17)19-6-4-3-5-7-19/h3-11,14-16H,12-13H2,1-2H3,(H3,22,23,25). The van der Waals surface area contributed by atoms with Crippen molar-refractivity contribution in [1.29, 1.82) is 0 Å². The van der Waals surface area contributed by atoms with Crippen molar-refractivity contribution in [3.05, 3.63) is 72.6 Å². The number of guanidine groups is 1. The summed E-state index contributed by atoms with van der Waals surface area (Å²) in [6.07, 6.45) is 4.81. The van der Waals surface area contributed by atoms with Crippen molar-refractivity contribution < 1.29 is 4.74 Å². The second-order valence-corrected chi connectivity index (χ2v) is 6.46. The Kier molecular flexibility index (Phi) is 6.10. The van der Waals surface area contributed by atoms with Crippen LogP contribution in [0.5, 0.6) is 5.75 Å². The van der Waals surface area contributed by atoms with E-state index < -0.39 is 0 Å². The Hall–Kier alpha value is -3.28. The number of nitrogens with two attached hydrogens (primary N) is 1. The average molecular weight is 363 g/mol. The van der Waals surface area contributed by atoms with Gasteiger partial charge in [0.15, 0.2) is 5.96 Å².